The second-order valence-corrected chi connectivity index (χ2v) is 7.20. The van der Waals surface area contributed by atoms with E-state index in [4.69, 9.17) is 4.74 Å². The van der Waals surface area contributed by atoms with E-state index in [0.717, 1.165) is 5.56 Å². The SMILES string of the molecule is CC(=O)Nc1cccc(Nc2c(-c3ccc4c(c3)NC(=O)CO4)nc3c(C#N)c[nH]n23)c1. The van der Waals surface area contributed by atoms with Gasteiger partial charge in [-0.3, -0.25) is 14.7 Å². The third-order valence-corrected chi connectivity index (χ3v) is 4.91. The molecule has 2 amide bonds. The van der Waals surface area contributed by atoms with Crippen molar-refractivity contribution in [3.63, 3.8) is 0 Å². The molecule has 2 aromatic carbocycles. The topological polar surface area (TPSA) is 136 Å². The van der Waals surface area contributed by atoms with Gasteiger partial charge in [0.15, 0.2) is 18.1 Å². The number of aromatic nitrogens is 3. The monoisotopic (exact) mass is 427 g/mol. The lowest BCUT2D eigenvalue weighted by atomic mass is 10.1. The molecule has 0 aliphatic carbocycles. The van der Waals surface area contributed by atoms with Crippen molar-refractivity contribution in [2.75, 3.05) is 22.6 Å². The molecule has 0 unspecified atom stereocenters. The van der Waals surface area contributed by atoms with Gasteiger partial charge in [-0.2, -0.15) is 5.26 Å². The standard InChI is InChI=1S/C22H17N7O3/c1-12(30)25-15-3-2-4-16(8-15)26-22-20(28-21-14(9-23)10-24-29(21)22)13-5-6-18-17(7-13)27-19(31)11-32-18/h2-8,10,24,26H,11H2,1H3,(H,25,30)(H,27,31). The van der Waals surface area contributed by atoms with Crippen LogP contribution < -0.4 is 20.7 Å². The molecule has 2 aromatic heterocycles. The molecule has 10 heteroatoms. The van der Waals surface area contributed by atoms with Gasteiger partial charge < -0.3 is 20.7 Å². The van der Waals surface area contributed by atoms with Crippen molar-refractivity contribution in [1.29, 1.82) is 5.26 Å². The van der Waals surface area contributed by atoms with Gasteiger partial charge in [-0.25, -0.2) is 9.50 Å². The molecule has 158 valence electrons. The number of carbonyl (C=O) groups excluding carboxylic acids is 2. The van der Waals surface area contributed by atoms with E-state index in [0.29, 0.717) is 45.5 Å². The number of benzene rings is 2. The number of nitrogens with one attached hydrogen (secondary N) is 4. The van der Waals surface area contributed by atoms with Crippen molar-refractivity contribution in [3.05, 3.63) is 54.2 Å². The molecule has 1 aliphatic heterocycles. The van der Waals surface area contributed by atoms with E-state index in [9.17, 15) is 14.9 Å². The zero-order valence-electron chi connectivity index (χ0n) is 16.9. The highest BCUT2D eigenvalue weighted by Gasteiger charge is 2.21. The number of aromatic amines is 1. The molecule has 10 nitrogen and oxygen atoms in total. The molecule has 1 aliphatic rings. The summed E-state index contributed by atoms with van der Waals surface area (Å²) in [6.45, 7) is 1.42. The van der Waals surface area contributed by atoms with E-state index >= 15 is 0 Å². The maximum Gasteiger partial charge on any atom is 0.262 e. The Morgan fingerprint density at radius 1 is 1.25 bits per heavy atom. The van der Waals surface area contributed by atoms with Crippen LogP contribution in [0.15, 0.2) is 48.7 Å². The summed E-state index contributed by atoms with van der Waals surface area (Å²) in [6.07, 6.45) is 1.58. The van der Waals surface area contributed by atoms with Crippen LogP contribution in [0.1, 0.15) is 12.5 Å². The highest BCUT2D eigenvalue weighted by atomic mass is 16.5. The normalized spacial score (nSPS) is 12.4. The van der Waals surface area contributed by atoms with Crippen LogP contribution >= 0.6 is 0 Å². The first-order valence-corrected chi connectivity index (χ1v) is 9.73. The third kappa shape index (κ3) is 3.37. The molecule has 0 atom stereocenters. The summed E-state index contributed by atoms with van der Waals surface area (Å²) in [5, 5.41) is 21.4. The Balaban J connectivity index is 1.61. The molecule has 0 radical (unpaired) electrons. The molecular formula is C22H17N7O3. The molecule has 3 heterocycles. The molecule has 0 bridgehead atoms. The van der Waals surface area contributed by atoms with Gasteiger partial charge in [0.05, 0.1) is 5.69 Å². The summed E-state index contributed by atoms with van der Waals surface area (Å²) in [7, 11) is 0. The van der Waals surface area contributed by atoms with Crippen molar-refractivity contribution < 1.29 is 14.3 Å². The van der Waals surface area contributed by atoms with Crippen LogP contribution in [0.3, 0.4) is 0 Å². The first-order valence-electron chi connectivity index (χ1n) is 9.73. The Hall–Kier alpha value is -4.78. The molecule has 4 N–H and O–H groups in total. The average molecular weight is 427 g/mol. The number of nitriles is 1. The lowest BCUT2D eigenvalue weighted by molar-refractivity contribution is -0.118. The first kappa shape index (κ1) is 19.2. The number of amides is 2. The maximum atomic E-state index is 11.7. The van der Waals surface area contributed by atoms with Crippen molar-refractivity contribution in [2.24, 2.45) is 0 Å². The van der Waals surface area contributed by atoms with Crippen molar-refractivity contribution in [3.8, 4) is 23.1 Å². The molecule has 0 spiro atoms. The average Bonchev–Trinajstić information content (AvgIpc) is 3.33. The molecular weight excluding hydrogens is 410 g/mol. The van der Waals surface area contributed by atoms with Gasteiger partial charge in [-0.1, -0.05) is 6.07 Å². The summed E-state index contributed by atoms with van der Waals surface area (Å²) in [6, 6.07) is 14.7. The van der Waals surface area contributed by atoms with E-state index in [2.05, 4.69) is 32.1 Å². The van der Waals surface area contributed by atoms with Gasteiger partial charge >= 0.3 is 0 Å². The summed E-state index contributed by atoms with van der Waals surface area (Å²) in [5.41, 5.74) is 4.04. The number of nitrogens with zero attached hydrogens (tertiary/aromatic N) is 3. The van der Waals surface area contributed by atoms with Crippen LogP contribution in [0.2, 0.25) is 0 Å². The minimum absolute atomic E-state index is 0.0250. The Bertz CT molecular complexity index is 1430. The van der Waals surface area contributed by atoms with Crippen molar-refractivity contribution in [1.82, 2.24) is 14.6 Å². The zero-order valence-corrected chi connectivity index (χ0v) is 16.9. The van der Waals surface area contributed by atoms with Gasteiger partial charge in [0.25, 0.3) is 5.91 Å². The number of hydrogen-bond donors (Lipinski definition) is 4. The number of ether oxygens (including phenoxy) is 1. The van der Waals surface area contributed by atoms with Gasteiger partial charge in [0.2, 0.25) is 5.91 Å². The summed E-state index contributed by atoms with van der Waals surface area (Å²) in [5.74, 6) is 0.764. The van der Waals surface area contributed by atoms with E-state index < -0.39 is 0 Å². The van der Waals surface area contributed by atoms with Crippen molar-refractivity contribution in [2.45, 2.75) is 6.92 Å². The molecule has 32 heavy (non-hydrogen) atoms. The predicted molar refractivity (Wildman–Crippen MR) is 118 cm³/mol. The molecule has 0 fully saturated rings. The minimum Gasteiger partial charge on any atom is -0.482 e. The van der Waals surface area contributed by atoms with Crippen LogP contribution in [0.5, 0.6) is 5.75 Å². The summed E-state index contributed by atoms with van der Waals surface area (Å²) >= 11 is 0. The van der Waals surface area contributed by atoms with Crippen LogP contribution in [0.25, 0.3) is 16.9 Å². The fourth-order valence-electron chi connectivity index (χ4n) is 3.56. The predicted octanol–water partition coefficient (Wildman–Crippen LogP) is 3.23. The van der Waals surface area contributed by atoms with E-state index in [-0.39, 0.29) is 18.4 Å². The third-order valence-electron chi connectivity index (χ3n) is 4.91. The van der Waals surface area contributed by atoms with Gasteiger partial charge in [-0.05, 0) is 36.4 Å². The molecule has 4 aromatic rings. The molecule has 0 saturated heterocycles. The van der Waals surface area contributed by atoms with Crippen LogP contribution in [0.4, 0.5) is 22.9 Å². The lowest BCUT2D eigenvalue weighted by Gasteiger charge is -2.18. The second kappa shape index (κ2) is 7.48. The van der Waals surface area contributed by atoms with Gasteiger partial charge in [-0.15, -0.1) is 0 Å². The maximum absolute atomic E-state index is 11.7. The Morgan fingerprint density at radius 3 is 2.91 bits per heavy atom. The number of H-pyrrole nitrogens is 1. The Morgan fingerprint density at radius 2 is 2.09 bits per heavy atom. The zero-order chi connectivity index (χ0) is 22.2. The lowest BCUT2D eigenvalue weighted by Crippen LogP contribution is -2.25. The Kier molecular flexibility index (Phi) is 4.49. The minimum atomic E-state index is -0.230. The fraction of sp³-hybridized carbons (Fsp3) is 0.0909. The number of fused-ring (bicyclic) bond motifs is 2. The van der Waals surface area contributed by atoms with Crippen LogP contribution in [-0.2, 0) is 9.59 Å². The van der Waals surface area contributed by atoms with Crippen LogP contribution in [-0.4, -0.2) is 33.0 Å². The quantitative estimate of drug-likeness (QED) is 0.395. The second-order valence-electron chi connectivity index (χ2n) is 7.20. The molecule has 0 saturated carbocycles. The summed E-state index contributed by atoms with van der Waals surface area (Å²) in [4.78, 5) is 27.8. The number of imidazole rings is 1. The number of rotatable bonds is 4. The van der Waals surface area contributed by atoms with E-state index in [1.54, 1.807) is 35.0 Å². The van der Waals surface area contributed by atoms with Gasteiger partial charge in [0.1, 0.15) is 23.1 Å². The smallest absolute Gasteiger partial charge is 0.262 e. The van der Waals surface area contributed by atoms with Crippen molar-refractivity contribution >= 4 is 40.3 Å². The highest BCUT2D eigenvalue weighted by Crippen LogP contribution is 2.37. The number of anilines is 4. The molecule has 5 rings (SSSR count). The highest BCUT2D eigenvalue weighted by molar-refractivity contribution is 5.96. The summed E-state index contributed by atoms with van der Waals surface area (Å²) < 4.78 is 7.11. The van der Waals surface area contributed by atoms with E-state index in [1.165, 1.54) is 6.92 Å². The Labute approximate surface area is 181 Å². The van der Waals surface area contributed by atoms with Crippen LogP contribution in [0, 0.1) is 11.3 Å². The fourth-order valence-corrected chi connectivity index (χ4v) is 3.56. The largest absolute Gasteiger partial charge is 0.482 e. The van der Waals surface area contributed by atoms with E-state index in [1.807, 2.05) is 18.2 Å². The number of carbonyl (C=O) groups is 2. The number of hydrogen-bond acceptors (Lipinski definition) is 6. The first-order chi connectivity index (χ1) is 15.5. The van der Waals surface area contributed by atoms with Gasteiger partial charge in [0, 0.05) is 30.1 Å².